The maximum Gasteiger partial charge on any atom is 0.257 e. The van der Waals surface area contributed by atoms with Crippen LogP contribution < -0.4 is 10.2 Å². The van der Waals surface area contributed by atoms with E-state index in [9.17, 15) is 18.4 Å². The maximum absolute atomic E-state index is 13.9. The molecule has 0 spiro atoms. The second-order valence-corrected chi connectivity index (χ2v) is 7.44. The van der Waals surface area contributed by atoms with Crippen LogP contribution in [0.5, 0.6) is 0 Å². The molecular formula is C22H25F2N3O2. The van der Waals surface area contributed by atoms with Crippen molar-refractivity contribution >= 4 is 17.5 Å². The predicted octanol–water partition coefficient (Wildman–Crippen LogP) is 3.07. The van der Waals surface area contributed by atoms with Crippen LogP contribution >= 0.6 is 0 Å². The fourth-order valence-electron chi connectivity index (χ4n) is 3.46. The summed E-state index contributed by atoms with van der Waals surface area (Å²) in [5, 5.41) is 2.53. The monoisotopic (exact) mass is 401 g/mol. The summed E-state index contributed by atoms with van der Waals surface area (Å²) in [4.78, 5) is 29.4. The van der Waals surface area contributed by atoms with Gasteiger partial charge in [0.05, 0.1) is 0 Å². The lowest BCUT2D eigenvalue weighted by atomic mass is 10.0. The van der Waals surface area contributed by atoms with Gasteiger partial charge in [-0.05, 0) is 30.2 Å². The number of nitrogens with one attached hydrogen (secondary N) is 1. The Labute approximate surface area is 169 Å². The lowest BCUT2D eigenvalue weighted by Gasteiger charge is -2.38. The van der Waals surface area contributed by atoms with Gasteiger partial charge in [0, 0.05) is 31.9 Å². The molecule has 0 bridgehead atoms. The molecule has 1 aliphatic heterocycles. The lowest BCUT2D eigenvalue weighted by molar-refractivity contribution is -0.134. The zero-order chi connectivity index (χ0) is 21.0. The summed E-state index contributed by atoms with van der Waals surface area (Å²) in [7, 11) is 0. The van der Waals surface area contributed by atoms with Gasteiger partial charge >= 0.3 is 0 Å². The number of benzene rings is 2. The van der Waals surface area contributed by atoms with Gasteiger partial charge in [-0.2, -0.15) is 0 Å². The first-order valence-corrected chi connectivity index (χ1v) is 9.72. The van der Waals surface area contributed by atoms with E-state index in [0.29, 0.717) is 26.2 Å². The molecule has 0 aromatic heterocycles. The average molecular weight is 401 g/mol. The Morgan fingerprint density at radius 1 is 0.897 bits per heavy atom. The largest absolute Gasteiger partial charge is 0.368 e. The zero-order valence-corrected chi connectivity index (χ0v) is 16.6. The third kappa shape index (κ3) is 4.72. The molecule has 1 aliphatic rings. The molecule has 1 fully saturated rings. The molecule has 3 rings (SSSR count). The summed E-state index contributed by atoms with van der Waals surface area (Å²) in [6.07, 6.45) is 0. The molecule has 1 unspecified atom stereocenters. The van der Waals surface area contributed by atoms with Gasteiger partial charge in [-0.3, -0.25) is 9.59 Å². The maximum atomic E-state index is 13.9. The number of nitrogens with zero attached hydrogens (tertiary/aromatic N) is 2. The highest BCUT2D eigenvalue weighted by molar-refractivity contribution is 5.98. The summed E-state index contributed by atoms with van der Waals surface area (Å²) in [5.74, 6) is -3.29. The smallest absolute Gasteiger partial charge is 0.257 e. The van der Waals surface area contributed by atoms with E-state index in [0.717, 1.165) is 17.8 Å². The summed E-state index contributed by atoms with van der Waals surface area (Å²) >= 11 is 0. The number of hydrogen-bond donors (Lipinski definition) is 1. The number of carbonyl (C=O) groups is 2. The number of amides is 2. The van der Waals surface area contributed by atoms with Crippen molar-refractivity contribution in [1.82, 2.24) is 10.2 Å². The van der Waals surface area contributed by atoms with Crippen molar-refractivity contribution < 1.29 is 18.4 Å². The molecule has 0 saturated carbocycles. The van der Waals surface area contributed by atoms with Crippen molar-refractivity contribution in [3.05, 3.63) is 65.7 Å². The lowest BCUT2D eigenvalue weighted by Crippen LogP contribution is -2.56. The van der Waals surface area contributed by atoms with Crippen LogP contribution in [0.2, 0.25) is 0 Å². The van der Waals surface area contributed by atoms with Crippen molar-refractivity contribution in [3.63, 3.8) is 0 Å². The highest BCUT2D eigenvalue weighted by Gasteiger charge is 2.32. The average Bonchev–Trinajstić information content (AvgIpc) is 2.72. The van der Waals surface area contributed by atoms with Gasteiger partial charge in [0.15, 0.2) is 0 Å². The topological polar surface area (TPSA) is 52.7 Å². The Hall–Kier alpha value is -2.96. The normalized spacial score (nSPS) is 15.3. The van der Waals surface area contributed by atoms with Crippen LogP contribution in [0.25, 0.3) is 0 Å². The van der Waals surface area contributed by atoms with Crippen molar-refractivity contribution in [1.29, 1.82) is 0 Å². The molecule has 0 aliphatic carbocycles. The second-order valence-electron chi connectivity index (χ2n) is 7.44. The summed E-state index contributed by atoms with van der Waals surface area (Å²) in [5.41, 5.74) is 0.434. The summed E-state index contributed by atoms with van der Waals surface area (Å²) in [6.45, 7) is 5.97. The predicted molar refractivity (Wildman–Crippen MR) is 108 cm³/mol. The molecule has 2 aromatic rings. The molecule has 154 valence electrons. The quantitative estimate of drug-likeness (QED) is 0.838. The van der Waals surface area contributed by atoms with E-state index in [4.69, 9.17) is 0 Å². The van der Waals surface area contributed by atoms with Crippen molar-refractivity contribution in [3.8, 4) is 0 Å². The first-order valence-electron chi connectivity index (χ1n) is 9.72. The highest BCUT2D eigenvalue weighted by Crippen LogP contribution is 2.18. The molecular weight excluding hydrogens is 376 g/mol. The molecule has 1 atom stereocenters. The number of hydrogen-bond acceptors (Lipinski definition) is 3. The van der Waals surface area contributed by atoms with Gasteiger partial charge < -0.3 is 15.1 Å². The second kappa shape index (κ2) is 9.03. The molecule has 1 N–H and O–H groups in total. The van der Waals surface area contributed by atoms with E-state index in [1.165, 1.54) is 6.07 Å². The van der Waals surface area contributed by atoms with Gasteiger partial charge in [0.2, 0.25) is 5.91 Å². The zero-order valence-electron chi connectivity index (χ0n) is 16.6. The van der Waals surface area contributed by atoms with E-state index in [-0.39, 0.29) is 11.8 Å². The third-order valence-corrected chi connectivity index (χ3v) is 5.12. The fraction of sp³-hybridized carbons (Fsp3) is 0.364. The number of piperazine rings is 1. The Bertz CT molecular complexity index is 845. The number of carbonyl (C=O) groups excluding carboxylic acids is 2. The van der Waals surface area contributed by atoms with E-state index in [1.807, 2.05) is 30.3 Å². The minimum atomic E-state index is -0.950. The van der Waals surface area contributed by atoms with Gasteiger partial charge in [-0.1, -0.05) is 38.1 Å². The van der Waals surface area contributed by atoms with E-state index in [1.54, 1.807) is 18.7 Å². The molecule has 7 heteroatoms. The minimum Gasteiger partial charge on any atom is -0.368 e. The number of rotatable bonds is 5. The molecule has 2 aromatic carbocycles. The van der Waals surface area contributed by atoms with Crippen LogP contribution in [0.3, 0.4) is 0 Å². The first kappa shape index (κ1) is 20.8. The Kier molecular flexibility index (Phi) is 6.46. The number of halogens is 2. The highest BCUT2D eigenvalue weighted by atomic mass is 19.1. The van der Waals surface area contributed by atoms with E-state index < -0.39 is 29.1 Å². The van der Waals surface area contributed by atoms with Crippen LogP contribution in [0.1, 0.15) is 24.2 Å². The standard InChI is InChI=1S/C22H25F2N3O2/c1-15(2)20(25-21(28)19-17(23)9-6-10-18(19)24)22(29)27-13-11-26(12-14-27)16-7-4-3-5-8-16/h3-10,15,20H,11-14H2,1-2H3,(H,25,28). The molecule has 1 saturated heterocycles. The number of anilines is 1. The van der Waals surface area contributed by atoms with Crippen LogP contribution in [0.4, 0.5) is 14.5 Å². The first-order chi connectivity index (χ1) is 13.9. The van der Waals surface area contributed by atoms with Crippen molar-refractivity contribution in [2.75, 3.05) is 31.1 Å². The van der Waals surface area contributed by atoms with Crippen molar-refractivity contribution in [2.45, 2.75) is 19.9 Å². The van der Waals surface area contributed by atoms with Crippen LogP contribution in [-0.4, -0.2) is 48.9 Å². The van der Waals surface area contributed by atoms with Crippen LogP contribution in [0.15, 0.2) is 48.5 Å². The summed E-state index contributed by atoms with van der Waals surface area (Å²) < 4.78 is 27.8. The molecule has 2 amide bonds. The van der Waals surface area contributed by atoms with Crippen LogP contribution in [-0.2, 0) is 4.79 Å². The SMILES string of the molecule is CC(C)C(NC(=O)c1c(F)cccc1F)C(=O)N1CCN(c2ccccc2)CC1. The molecule has 1 heterocycles. The molecule has 0 radical (unpaired) electrons. The Morgan fingerprint density at radius 3 is 2.03 bits per heavy atom. The van der Waals surface area contributed by atoms with Gasteiger partial charge in [0.25, 0.3) is 5.91 Å². The number of para-hydroxylation sites is 1. The Balaban J connectivity index is 1.67. The van der Waals surface area contributed by atoms with Gasteiger partial charge in [0.1, 0.15) is 23.2 Å². The van der Waals surface area contributed by atoms with Gasteiger partial charge in [-0.15, -0.1) is 0 Å². The van der Waals surface area contributed by atoms with E-state index in [2.05, 4.69) is 10.2 Å². The van der Waals surface area contributed by atoms with E-state index >= 15 is 0 Å². The minimum absolute atomic E-state index is 0.228. The Morgan fingerprint density at radius 2 is 1.48 bits per heavy atom. The molecule has 29 heavy (non-hydrogen) atoms. The van der Waals surface area contributed by atoms with Crippen molar-refractivity contribution in [2.24, 2.45) is 5.92 Å². The fourth-order valence-corrected chi connectivity index (χ4v) is 3.46. The van der Waals surface area contributed by atoms with Crippen LogP contribution in [0, 0.1) is 17.6 Å². The van der Waals surface area contributed by atoms with Gasteiger partial charge in [-0.25, -0.2) is 8.78 Å². The summed E-state index contributed by atoms with van der Waals surface area (Å²) in [6, 6.07) is 12.3. The molecule has 5 nitrogen and oxygen atoms in total. The third-order valence-electron chi connectivity index (χ3n) is 5.12.